The van der Waals surface area contributed by atoms with Crippen molar-refractivity contribution >= 4 is 32.7 Å². The summed E-state index contributed by atoms with van der Waals surface area (Å²) in [6.45, 7) is 8.75. The Hall–Kier alpha value is -2.91. The number of fused-ring (bicyclic) bond motifs is 1. The molecule has 1 aliphatic heterocycles. The number of nitrogens with one attached hydrogen (secondary N) is 1. The second-order valence-electron chi connectivity index (χ2n) is 9.42. The smallest absolute Gasteiger partial charge is 0.325 e. The Morgan fingerprint density at radius 3 is 2.21 bits per heavy atom. The second kappa shape index (κ2) is 9.38. The number of benzene rings is 2. The van der Waals surface area contributed by atoms with Crippen LogP contribution in [0.15, 0.2) is 52.2 Å². The molecule has 1 amide bonds. The summed E-state index contributed by atoms with van der Waals surface area (Å²) in [6.07, 6.45) is 1.68. The zero-order valence-corrected chi connectivity index (χ0v) is 20.9. The zero-order valence-electron chi connectivity index (χ0n) is 20.1. The van der Waals surface area contributed by atoms with Gasteiger partial charge in [-0.1, -0.05) is 26.0 Å². The van der Waals surface area contributed by atoms with Gasteiger partial charge in [0.05, 0.1) is 15.9 Å². The highest BCUT2D eigenvalue weighted by atomic mass is 32.2. The number of carbonyl (C=O) groups is 1. The van der Waals surface area contributed by atoms with E-state index in [1.54, 1.807) is 16.7 Å². The quantitative estimate of drug-likeness (QED) is 0.550. The van der Waals surface area contributed by atoms with Gasteiger partial charge in [0.1, 0.15) is 6.54 Å². The Bertz CT molecular complexity index is 1360. The molecule has 0 aliphatic carbocycles. The first-order chi connectivity index (χ1) is 16.1. The average Bonchev–Trinajstić information content (AvgIpc) is 3.41. The summed E-state index contributed by atoms with van der Waals surface area (Å²) < 4.78 is 30.6. The third kappa shape index (κ3) is 4.54. The van der Waals surface area contributed by atoms with Crippen molar-refractivity contribution in [3.05, 3.63) is 58.5 Å². The van der Waals surface area contributed by atoms with Crippen LogP contribution in [-0.4, -0.2) is 40.9 Å². The van der Waals surface area contributed by atoms with Crippen molar-refractivity contribution in [1.29, 1.82) is 0 Å². The lowest BCUT2D eigenvalue weighted by atomic mass is 10.0. The van der Waals surface area contributed by atoms with Crippen LogP contribution in [0.3, 0.4) is 0 Å². The van der Waals surface area contributed by atoms with Crippen LogP contribution in [0.2, 0.25) is 0 Å². The molecular weight excluding hydrogens is 452 g/mol. The highest BCUT2D eigenvalue weighted by Crippen LogP contribution is 2.26. The minimum atomic E-state index is -3.65. The molecule has 1 N–H and O–H groups in total. The van der Waals surface area contributed by atoms with E-state index in [9.17, 15) is 18.0 Å². The van der Waals surface area contributed by atoms with Crippen molar-refractivity contribution in [2.75, 3.05) is 18.4 Å². The molecule has 0 bridgehead atoms. The third-order valence-electron chi connectivity index (χ3n) is 6.32. The molecule has 3 aromatic rings. The number of hydrogen-bond acceptors (Lipinski definition) is 4. The fourth-order valence-electron chi connectivity index (χ4n) is 4.44. The van der Waals surface area contributed by atoms with Crippen LogP contribution in [0, 0.1) is 0 Å². The van der Waals surface area contributed by atoms with E-state index in [-0.39, 0.29) is 29.1 Å². The number of nitrogens with zero attached hydrogens (tertiary/aromatic N) is 3. The Kier molecular flexibility index (Phi) is 6.69. The predicted molar refractivity (Wildman–Crippen MR) is 134 cm³/mol. The largest absolute Gasteiger partial charge is 0.329 e. The van der Waals surface area contributed by atoms with Gasteiger partial charge in [0.25, 0.3) is 0 Å². The van der Waals surface area contributed by atoms with E-state index in [4.69, 9.17) is 0 Å². The molecule has 1 aliphatic rings. The summed E-state index contributed by atoms with van der Waals surface area (Å²) in [6, 6.07) is 12.2. The van der Waals surface area contributed by atoms with E-state index in [1.807, 2.05) is 38.1 Å². The molecule has 2 heterocycles. The maximum absolute atomic E-state index is 13.2. The number of imidazole rings is 1. The first kappa shape index (κ1) is 24.2. The van der Waals surface area contributed by atoms with Crippen molar-refractivity contribution in [1.82, 2.24) is 13.4 Å². The van der Waals surface area contributed by atoms with E-state index >= 15 is 0 Å². The van der Waals surface area contributed by atoms with E-state index < -0.39 is 10.0 Å². The number of sulfonamides is 1. The summed E-state index contributed by atoms with van der Waals surface area (Å²) in [5.74, 6) is 0.0338. The summed E-state index contributed by atoms with van der Waals surface area (Å²) in [7, 11) is -3.65. The molecule has 0 radical (unpaired) electrons. The normalized spacial score (nSPS) is 15.0. The van der Waals surface area contributed by atoms with Crippen LogP contribution in [0.5, 0.6) is 0 Å². The molecule has 2 aromatic carbocycles. The van der Waals surface area contributed by atoms with Crippen molar-refractivity contribution in [3.8, 4) is 0 Å². The standard InChI is InChI=1S/C25H32N4O4S/c1-17(2)19-7-9-20(10-8-19)26-24(30)16-28-23-15-21(34(32,33)27-13-5-6-14-27)11-12-22(23)29(18(3)4)25(28)31/h7-12,15,17-18H,5-6,13-14,16H2,1-4H3,(H,26,30). The highest BCUT2D eigenvalue weighted by molar-refractivity contribution is 7.89. The number of amides is 1. The van der Waals surface area contributed by atoms with Crippen LogP contribution in [0.1, 0.15) is 58.1 Å². The SMILES string of the molecule is CC(C)c1ccc(NC(=O)Cn2c(=O)n(C(C)C)c3ccc(S(=O)(=O)N4CCCC4)cc32)cc1. The van der Waals surface area contributed by atoms with Gasteiger partial charge in [-0.25, -0.2) is 13.2 Å². The van der Waals surface area contributed by atoms with Gasteiger partial charge in [0.15, 0.2) is 0 Å². The Morgan fingerprint density at radius 1 is 0.971 bits per heavy atom. The number of carbonyl (C=O) groups excluding carboxylic acids is 1. The fourth-order valence-corrected chi connectivity index (χ4v) is 5.98. The summed E-state index contributed by atoms with van der Waals surface area (Å²) >= 11 is 0. The summed E-state index contributed by atoms with van der Waals surface area (Å²) in [5, 5.41) is 2.84. The fraction of sp³-hybridized carbons (Fsp3) is 0.440. The van der Waals surface area contributed by atoms with Gasteiger partial charge in [-0.05, 0) is 68.5 Å². The molecule has 0 atom stereocenters. The Morgan fingerprint density at radius 2 is 1.62 bits per heavy atom. The lowest BCUT2D eigenvalue weighted by molar-refractivity contribution is -0.116. The molecule has 182 valence electrons. The third-order valence-corrected chi connectivity index (χ3v) is 8.21. The van der Waals surface area contributed by atoms with Gasteiger partial charge >= 0.3 is 5.69 Å². The van der Waals surface area contributed by atoms with Crippen molar-refractivity contribution in [3.63, 3.8) is 0 Å². The van der Waals surface area contributed by atoms with E-state index in [0.29, 0.717) is 35.7 Å². The van der Waals surface area contributed by atoms with Gasteiger partial charge in [0.2, 0.25) is 15.9 Å². The number of aromatic nitrogens is 2. The maximum atomic E-state index is 13.2. The molecule has 9 heteroatoms. The molecule has 0 unspecified atom stereocenters. The number of anilines is 1. The molecule has 1 saturated heterocycles. The number of hydrogen-bond donors (Lipinski definition) is 1. The Labute approximate surface area is 200 Å². The molecule has 34 heavy (non-hydrogen) atoms. The molecule has 8 nitrogen and oxygen atoms in total. The van der Waals surface area contributed by atoms with Crippen LogP contribution < -0.4 is 11.0 Å². The second-order valence-corrected chi connectivity index (χ2v) is 11.4. The van der Waals surface area contributed by atoms with E-state index in [0.717, 1.165) is 12.8 Å². The van der Waals surface area contributed by atoms with E-state index in [1.165, 1.54) is 20.5 Å². The first-order valence-corrected chi connectivity index (χ1v) is 13.2. The van der Waals surface area contributed by atoms with Crippen molar-refractivity contribution < 1.29 is 13.2 Å². The Balaban J connectivity index is 1.69. The maximum Gasteiger partial charge on any atom is 0.329 e. The summed E-state index contributed by atoms with van der Waals surface area (Å²) in [5.41, 5.74) is 2.51. The van der Waals surface area contributed by atoms with Crippen molar-refractivity contribution in [2.45, 2.75) is 63.9 Å². The van der Waals surface area contributed by atoms with Crippen LogP contribution >= 0.6 is 0 Å². The van der Waals surface area contributed by atoms with Crippen LogP contribution in [0.25, 0.3) is 11.0 Å². The van der Waals surface area contributed by atoms with Gasteiger partial charge in [-0.2, -0.15) is 4.31 Å². The number of rotatable bonds is 7. The van der Waals surface area contributed by atoms with Gasteiger partial charge in [0, 0.05) is 24.8 Å². The molecule has 1 fully saturated rings. The average molecular weight is 485 g/mol. The van der Waals surface area contributed by atoms with E-state index in [2.05, 4.69) is 19.2 Å². The lowest BCUT2D eigenvalue weighted by Gasteiger charge is -2.16. The van der Waals surface area contributed by atoms with Crippen LogP contribution in [-0.2, 0) is 21.4 Å². The van der Waals surface area contributed by atoms with Gasteiger partial charge < -0.3 is 5.32 Å². The van der Waals surface area contributed by atoms with Crippen molar-refractivity contribution in [2.24, 2.45) is 0 Å². The minimum Gasteiger partial charge on any atom is -0.325 e. The first-order valence-electron chi connectivity index (χ1n) is 11.7. The zero-order chi connectivity index (χ0) is 24.6. The molecule has 1 aromatic heterocycles. The topological polar surface area (TPSA) is 93.4 Å². The minimum absolute atomic E-state index is 0.140. The molecule has 0 saturated carbocycles. The summed E-state index contributed by atoms with van der Waals surface area (Å²) in [4.78, 5) is 26.2. The van der Waals surface area contributed by atoms with Gasteiger partial charge in [-0.15, -0.1) is 0 Å². The molecule has 0 spiro atoms. The highest BCUT2D eigenvalue weighted by Gasteiger charge is 2.28. The molecule has 4 rings (SSSR count). The monoisotopic (exact) mass is 484 g/mol. The lowest BCUT2D eigenvalue weighted by Crippen LogP contribution is -2.30. The van der Waals surface area contributed by atoms with Gasteiger partial charge in [-0.3, -0.25) is 13.9 Å². The molecular formula is C25H32N4O4S. The predicted octanol–water partition coefficient (Wildman–Crippen LogP) is 3.93. The van der Waals surface area contributed by atoms with Crippen LogP contribution in [0.4, 0.5) is 5.69 Å².